The van der Waals surface area contributed by atoms with Gasteiger partial charge in [0.05, 0.1) is 5.92 Å². The summed E-state index contributed by atoms with van der Waals surface area (Å²) >= 11 is 0. The number of rotatable bonds is 4. The summed E-state index contributed by atoms with van der Waals surface area (Å²) < 4.78 is 0. The molecular formula is C17H22N2O2. The van der Waals surface area contributed by atoms with E-state index in [4.69, 9.17) is 0 Å². The number of carbonyl (C=O) groups is 2. The number of nitrogens with zero attached hydrogens (tertiary/aromatic N) is 1. The predicted octanol–water partition coefficient (Wildman–Crippen LogP) is 2.09. The molecule has 1 N–H and O–H groups in total. The highest BCUT2D eigenvalue weighted by Crippen LogP contribution is 2.27. The minimum atomic E-state index is -0.179. The molecule has 1 unspecified atom stereocenters. The van der Waals surface area contributed by atoms with Crippen LogP contribution in [0.1, 0.15) is 37.7 Å². The number of hydrogen-bond acceptors (Lipinski definition) is 2. The predicted molar refractivity (Wildman–Crippen MR) is 80.4 cm³/mol. The van der Waals surface area contributed by atoms with Gasteiger partial charge in [-0.25, -0.2) is 0 Å². The number of hydrogen-bond donors (Lipinski definition) is 1. The fraction of sp³-hybridized carbons (Fsp3) is 0.529. The van der Waals surface area contributed by atoms with Crippen LogP contribution in [0.2, 0.25) is 0 Å². The molecule has 0 aromatic heterocycles. The van der Waals surface area contributed by atoms with Gasteiger partial charge >= 0.3 is 0 Å². The molecule has 1 aliphatic heterocycles. The molecule has 1 aromatic carbocycles. The van der Waals surface area contributed by atoms with Crippen LogP contribution >= 0.6 is 0 Å². The van der Waals surface area contributed by atoms with Gasteiger partial charge < -0.3 is 10.2 Å². The Morgan fingerprint density at radius 2 is 1.90 bits per heavy atom. The van der Waals surface area contributed by atoms with Gasteiger partial charge in [0.15, 0.2) is 0 Å². The van der Waals surface area contributed by atoms with Gasteiger partial charge in [0.25, 0.3) is 0 Å². The summed E-state index contributed by atoms with van der Waals surface area (Å²) in [4.78, 5) is 26.2. The first-order valence-corrected chi connectivity index (χ1v) is 7.85. The maximum atomic E-state index is 12.8. The molecule has 0 bridgehead atoms. The maximum absolute atomic E-state index is 12.8. The second-order valence-electron chi connectivity index (χ2n) is 6.10. The highest BCUT2D eigenvalue weighted by atomic mass is 16.2. The Morgan fingerprint density at radius 3 is 2.52 bits per heavy atom. The van der Waals surface area contributed by atoms with Crippen molar-refractivity contribution in [2.75, 3.05) is 6.54 Å². The van der Waals surface area contributed by atoms with Gasteiger partial charge in [0.1, 0.15) is 0 Å². The molecule has 1 atom stereocenters. The smallest absolute Gasteiger partial charge is 0.228 e. The Labute approximate surface area is 125 Å². The maximum Gasteiger partial charge on any atom is 0.228 e. The molecule has 1 saturated carbocycles. The van der Waals surface area contributed by atoms with Crippen molar-refractivity contribution in [3.8, 4) is 0 Å². The van der Waals surface area contributed by atoms with Gasteiger partial charge in [0, 0.05) is 25.6 Å². The summed E-state index contributed by atoms with van der Waals surface area (Å²) in [5, 5.41) is 2.77. The van der Waals surface area contributed by atoms with Crippen LogP contribution in [0.3, 0.4) is 0 Å². The molecule has 4 heteroatoms. The first-order chi connectivity index (χ1) is 10.2. The van der Waals surface area contributed by atoms with Crippen LogP contribution in [0.25, 0.3) is 0 Å². The van der Waals surface area contributed by atoms with E-state index in [1.165, 1.54) is 12.8 Å². The Bertz CT molecular complexity index is 509. The quantitative estimate of drug-likeness (QED) is 0.921. The third-order valence-corrected chi connectivity index (χ3v) is 4.57. The normalized spacial score (nSPS) is 22.3. The van der Waals surface area contributed by atoms with Gasteiger partial charge in [-0.05, 0) is 18.4 Å². The van der Waals surface area contributed by atoms with Gasteiger partial charge in [-0.2, -0.15) is 0 Å². The standard InChI is InChI=1S/C17H22N2O2/c20-16-10-14(11-18-16)17(21)19(15-8-4-5-9-15)12-13-6-2-1-3-7-13/h1-3,6-7,14-15H,4-5,8-12H2,(H,18,20). The zero-order valence-corrected chi connectivity index (χ0v) is 12.3. The van der Waals surface area contributed by atoms with Crippen molar-refractivity contribution < 1.29 is 9.59 Å². The summed E-state index contributed by atoms with van der Waals surface area (Å²) in [7, 11) is 0. The van der Waals surface area contributed by atoms with Crippen molar-refractivity contribution in [3.05, 3.63) is 35.9 Å². The Morgan fingerprint density at radius 1 is 1.19 bits per heavy atom. The highest BCUT2D eigenvalue weighted by molar-refractivity contribution is 5.89. The van der Waals surface area contributed by atoms with Crippen molar-refractivity contribution in [2.24, 2.45) is 5.92 Å². The lowest BCUT2D eigenvalue weighted by Crippen LogP contribution is -2.42. The molecule has 1 saturated heterocycles. The summed E-state index contributed by atoms with van der Waals surface area (Å²) in [6, 6.07) is 10.5. The van der Waals surface area contributed by atoms with Crippen molar-refractivity contribution in [1.29, 1.82) is 0 Å². The van der Waals surface area contributed by atoms with Crippen LogP contribution in [0, 0.1) is 5.92 Å². The van der Waals surface area contributed by atoms with E-state index in [1.54, 1.807) is 0 Å². The summed E-state index contributed by atoms with van der Waals surface area (Å²) in [5.74, 6) is -0.0367. The summed E-state index contributed by atoms with van der Waals surface area (Å²) in [6.07, 6.45) is 4.92. The Hall–Kier alpha value is -1.84. The minimum absolute atomic E-state index is 0.000525. The fourth-order valence-electron chi connectivity index (χ4n) is 3.40. The largest absolute Gasteiger partial charge is 0.355 e. The molecule has 0 spiro atoms. The van der Waals surface area contributed by atoms with Crippen LogP contribution in [0.5, 0.6) is 0 Å². The van der Waals surface area contributed by atoms with E-state index in [1.807, 2.05) is 23.1 Å². The third kappa shape index (κ3) is 3.26. The van der Waals surface area contributed by atoms with E-state index in [-0.39, 0.29) is 17.7 Å². The molecule has 21 heavy (non-hydrogen) atoms. The van der Waals surface area contributed by atoms with Gasteiger partial charge in [-0.3, -0.25) is 9.59 Å². The molecule has 112 valence electrons. The Kier molecular flexibility index (Phi) is 4.23. The van der Waals surface area contributed by atoms with Crippen LogP contribution in [0.4, 0.5) is 0 Å². The monoisotopic (exact) mass is 286 g/mol. The van der Waals surface area contributed by atoms with E-state index in [0.717, 1.165) is 18.4 Å². The van der Waals surface area contributed by atoms with E-state index >= 15 is 0 Å². The molecule has 2 aliphatic rings. The second-order valence-corrected chi connectivity index (χ2v) is 6.10. The SMILES string of the molecule is O=C1CC(C(=O)N(Cc2ccccc2)C2CCCC2)CN1. The van der Waals surface area contributed by atoms with E-state index < -0.39 is 0 Å². The summed E-state index contributed by atoms with van der Waals surface area (Å²) in [5.41, 5.74) is 1.16. The number of amides is 2. The van der Waals surface area contributed by atoms with Crippen LogP contribution in [-0.4, -0.2) is 29.3 Å². The fourth-order valence-corrected chi connectivity index (χ4v) is 3.40. The lowest BCUT2D eigenvalue weighted by molar-refractivity contribution is -0.138. The highest BCUT2D eigenvalue weighted by Gasteiger charge is 2.35. The number of carbonyl (C=O) groups excluding carboxylic acids is 2. The zero-order chi connectivity index (χ0) is 14.7. The van der Waals surface area contributed by atoms with Crippen LogP contribution in [-0.2, 0) is 16.1 Å². The van der Waals surface area contributed by atoms with Crippen molar-refractivity contribution >= 4 is 11.8 Å². The Balaban J connectivity index is 1.75. The molecule has 1 aliphatic carbocycles. The average Bonchev–Trinajstić information content (AvgIpc) is 3.16. The average molecular weight is 286 g/mol. The number of nitrogens with one attached hydrogen (secondary N) is 1. The molecule has 1 heterocycles. The topological polar surface area (TPSA) is 49.4 Å². The van der Waals surface area contributed by atoms with Crippen molar-refractivity contribution in [3.63, 3.8) is 0 Å². The first-order valence-electron chi connectivity index (χ1n) is 7.85. The van der Waals surface area contributed by atoms with Crippen LogP contribution in [0.15, 0.2) is 30.3 Å². The lowest BCUT2D eigenvalue weighted by Gasteiger charge is -2.31. The zero-order valence-electron chi connectivity index (χ0n) is 12.3. The molecule has 1 aromatic rings. The molecular weight excluding hydrogens is 264 g/mol. The van der Waals surface area contributed by atoms with Crippen LogP contribution < -0.4 is 5.32 Å². The molecule has 3 rings (SSSR count). The van der Waals surface area contributed by atoms with Crippen molar-refractivity contribution in [1.82, 2.24) is 10.2 Å². The molecule has 4 nitrogen and oxygen atoms in total. The third-order valence-electron chi connectivity index (χ3n) is 4.57. The molecule has 0 radical (unpaired) electrons. The van der Waals surface area contributed by atoms with Crippen molar-refractivity contribution in [2.45, 2.75) is 44.7 Å². The minimum Gasteiger partial charge on any atom is -0.355 e. The van der Waals surface area contributed by atoms with Gasteiger partial charge in [-0.15, -0.1) is 0 Å². The lowest BCUT2D eigenvalue weighted by atomic mass is 10.0. The molecule has 2 amide bonds. The van der Waals surface area contributed by atoms with E-state index in [0.29, 0.717) is 25.6 Å². The second kappa shape index (κ2) is 6.29. The summed E-state index contributed by atoms with van der Waals surface area (Å²) in [6.45, 7) is 1.16. The van der Waals surface area contributed by atoms with E-state index in [9.17, 15) is 9.59 Å². The number of benzene rings is 1. The first kappa shape index (κ1) is 14.1. The van der Waals surface area contributed by atoms with Gasteiger partial charge in [0.2, 0.25) is 11.8 Å². The molecule has 2 fully saturated rings. The van der Waals surface area contributed by atoms with Gasteiger partial charge in [-0.1, -0.05) is 43.2 Å². The van der Waals surface area contributed by atoms with E-state index in [2.05, 4.69) is 17.4 Å².